The van der Waals surface area contributed by atoms with Crippen molar-refractivity contribution in [2.45, 2.75) is 52.2 Å². The molecule has 0 heterocycles. The van der Waals surface area contributed by atoms with E-state index < -0.39 is 23.6 Å². The topological polar surface area (TPSA) is 66.8 Å². The fourth-order valence-corrected chi connectivity index (χ4v) is 2.18. The molecule has 0 radical (unpaired) electrons. The number of hydrogen-bond donors (Lipinski definition) is 2. The molecular formula is C17H26O4. The maximum atomic E-state index is 11.4. The molecule has 21 heavy (non-hydrogen) atoms. The summed E-state index contributed by atoms with van der Waals surface area (Å²) in [6, 6.07) is 9.89. The van der Waals surface area contributed by atoms with E-state index in [-0.39, 0.29) is 6.42 Å². The van der Waals surface area contributed by atoms with Crippen molar-refractivity contribution in [3.8, 4) is 0 Å². The third kappa shape index (κ3) is 5.48. The van der Waals surface area contributed by atoms with Crippen molar-refractivity contribution in [1.29, 1.82) is 0 Å². The van der Waals surface area contributed by atoms with Crippen LogP contribution >= 0.6 is 0 Å². The van der Waals surface area contributed by atoms with Crippen molar-refractivity contribution >= 4 is 5.97 Å². The summed E-state index contributed by atoms with van der Waals surface area (Å²) in [7, 11) is 0. The fraction of sp³-hybridized carbons (Fsp3) is 0.588. The molecule has 0 bridgehead atoms. The summed E-state index contributed by atoms with van der Waals surface area (Å²) in [4.78, 5) is 11.4. The number of aryl methyl sites for hydroxylation is 1. The molecule has 0 aromatic heterocycles. The Morgan fingerprint density at radius 3 is 2.38 bits per heavy atom. The maximum Gasteiger partial charge on any atom is 0.308 e. The van der Waals surface area contributed by atoms with Crippen LogP contribution in [-0.2, 0) is 16.0 Å². The number of carbonyl (C=O) groups excluding carboxylic acids is 1. The van der Waals surface area contributed by atoms with E-state index in [0.29, 0.717) is 13.0 Å². The van der Waals surface area contributed by atoms with Crippen LogP contribution in [0, 0.1) is 5.41 Å². The third-order valence-corrected chi connectivity index (χ3v) is 3.93. The van der Waals surface area contributed by atoms with Crippen LogP contribution in [0.5, 0.6) is 0 Å². The van der Waals surface area contributed by atoms with Crippen molar-refractivity contribution in [3.63, 3.8) is 0 Å². The summed E-state index contributed by atoms with van der Waals surface area (Å²) in [6.07, 6.45) is -0.443. The number of carbonyl (C=O) groups is 1. The number of aliphatic hydroxyl groups excluding tert-OH is 2. The minimum absolute atomic E-state index is 0.0940. The molecule has 1 aromatic rings. The molecule has 118 valence electrons. The Hall–Kier alpha value is -1.39. The second-order valence-corrected chi connectivity index (χ2v) is 5.89. The summed E-state index contributed by atoms with van der Waals surface area (Å²) < 4.78 is 4.84. The molecule has 0 unspecified atom stereocenters. The molecule has 1 rings (SSSR count). The van der Waals surface area contributed by atoms with Gasteiger partial charge in [-0.2, -0.15) is 0 Å². The van der Waals surface area contributed by atoms with Crippen molar-refractivity contribution in [2.75, 3.05) is 6.61 Å². The summed E-state index contributed by atoms with van der Waals surface area (Å²) in [5.74, 6) is -0.437. The maximum absolute atomic E-state index is 11.4. The summed E-state index contributed by atoms with van der Waals surface area (Å²) in [5.41, 5.74) is 0.383. The van der Waals surface area contributed by atoms with Gasteiger partial charge in [-0.3, -0.25) is 4.79 Å². The van der Waals surface area contributed by atoms with Gasteiger partial charge in [0.2, 0.25) is 0 Å². The average molecular weight is 294 g/mol. The molecule has 4 heteroatoms. The monoisotopic (exact) mass is 294 g/mol. The van der Waals surface area contributed by atoms with Crippen LogP contribution in [0.4, 0.5) is 0 Å². The Bertz CT molecular complexity index is 428. The second kappa shape index (κ2) is 8.15. The van der Waals surface area contributed by atoms with Gasteiger partial charge in [0.25, 0.3) is 0 Å². The number of benzene rings is 1. The number of hydrogen-bond acceptors (Lipinski definition) is 4. The van der Waals surface area contributed by atoms with Crippen LogP contribution in [0.25, 0.3) is 0 Å². The third-order valence-electron chi connectivity index (χ3n) is 3.93. The molecular weight excluding hydrogens is 268 g/mol. The van der Waals surface area contributed by atoms with Crippen LogP contribution < -0.4 is 0 Å². The summed E-state index contributed by atoms with van der Waals surface area (Å²) >= 11 is 0. The number of aliphatic hydroxyl groups is 2. The predicted octanol–water partition coefficient (Wildman–Crippen LogP) is 2.32. The van der Waals surface area contributed by atoms with Crippen molar-refractivity contribution in [3.05, 3.63) is 35.9 Å². The standard InChI is InChI=1S/C17H26O4/c1-4-21-16(20)12-15(19)17(2,3)14(18)11-10-13-8-6-5-7-9-13/h5-9,14-15,18-19H,4,10-12H2,1-3H3/t14-,15+/m1/s1. The molecule has 0 aliphatic rings. The van der Waals surface area contributed by atoms with Crippen LogP contribution in [0.15, 0.2) is 30.3 Å². The van der Waals surface area contributed by atoms with Gasteiger partial charge in [0.15, 0.2) is 0 Å². The van der Waals surface area contributed by atoms with Gasteiger partial charge in [0.1, 0.15) is 0 Å². The normalized spacial score (nSPS) is 14.5. The minimum atomic E-state index is -0.928. The van der Waals surface area contributed by atoms with Crippen molar-refractivity contribution < 1.29 is 19.7 Å². The number of rotatable bonds is 8. The average Bonchev–Trinajstić information content (AvgIpc) is 2.45. The molecule has 0 saturated carbocycles. The molecule has 2 atom stereocenters. The SMILES string of the molecule is CCOC(=O)C[C@H](O)C(C)(C)[C@H](O)CCc1ccccc1. The molecule has 0 saturated heterocycles. The van der Waals surface area contributed by atoms with Gasteiger partial charge < -0.3 is 14.9 Å². The zero-order valence-corrected chi connectivity index (χ0v) is 13.1. The first kappa shape index (κ1) is 17.7. The lowest BCUT2D eigenvalue weighted by Gasteiger charge is -2.35. The van der Waals surface area contributed by atoms with E-state index in [2.05, 4.69) is 0 Å². The zero-order chi connectivity index (χ0) is 15.9. The largest absolute Gasteiger partial charge is 0.466 e. The molecule has 0 aliphatic heterocycles. The van der Waals surface area contributed by atoms with E-state index in [0.717, 1.165) is 12.0 Å². The molecule has 0 amide bonds. The van der Waals surface area contributed by atoms with Crippen molar-refractivity contribution in [1.82, 2.24) is 0 Å². The fourth-order valence-electron chi connectivity index (χ4n) is 2.18. The Labute approximate surface area is 126 Å². The van der Waals surface area contributed by atoms with Crippen LogP contribution in [-0.4, -0.2) is 35.0 Å². The quantitative estimate of drug-likeness (QED) is 0.722. The molecule has 4 nitrogen and oxygen atoms in total. The van der Waals surface area contributed by atoms with Crippen LogP contribution in [0.3, 0.4) is 0 Å². The first-order valence-corrected chi connectivity index (χ1v) is 7.43. The molecule has 1 aromatic carbocycles. The summed E-state index contributed by atoms with van der Waals surface area (Å²) in [5, 5.41) is 20.5. The van der Waals surface area contributed by atoms with Gasteiger partial charge in [-0.05, 0) is 25.3 Å². The highest BCUT2D eigenvalue weighted by atomic mass is 16.5. The highest BCUT2D eigenvalue weighted by Gasteiger charge is 2.36. The number of ether oxygens (including phenoxy) is 1. The summed E-state index contributed by atoms with van der Waals surface area (Å²) in [6.45, 7) is 5.56. The Balaban J connectivity index is 2.53. The van der Waals surface area contributed by atoms with E-state index in [1.165, 1.54) is 0 Å². The van der Waals surface area contributed by atoms with E-state index in [4.69, 9.17) is 4.74 Å². The Morgan fingerprint density at radius 2 is 1.81 bits per heavy atom. The molecule has 0 spiro atoms. The smallest absolute Gasteiger partial charge is 0.308 e. The molecule has 0 fully saturated rings. The lowest BCUT2D eigenvalue weighted by molar-refractivity contribution is -0.149. The van der Waals surface area contributed by atoms with E-state index in [1.54, 1.807) is 20.8 Å². The van der Waals surface area contributed by atoms with E-state index >= 15 is 0 Å². The second-order valence-electron chi connectivity index (χ2n) is 5.89. The number of esters is 1. The highest BCUT2D eigenvalue weighted by Crippen LogP contribution is 2.30. The van der Waals surface area contributed by atoms with Crippen molar-refractivity contribution in [2.24, 2.45) is 5.41 Å². The van der Waals surface area contributed by atoms with Gasteiger partial charge in [-0.25, -0.2) is 0 Å². The Kier molecular flexibility index (Phi) is 6.85. The van der Waals surface area contributed by atoms with Gasteiger partial charge in [-0.1, -0.05) is 44.2 Å². The Morgan fingerprint density at radius 1 is 1.19 bits per heavy atom. The lowest BCUT2D eigenvalue weighted by atomic mass is 9.77. The lowest BCUT2D eigenvalue weighted by Crippen LogP contribution is -2.42. The van der Waals surface area contributed by atoms with Crippen LogP contribution in [0.2, 0.25) is 0 Å². The molecule has 0 aliphatic carbocycles. The van der Waals surface area contributed by atoms with E-state index in [1.807, 2.05) is 30.3 Å². The highest BCUT2D eigenvalue weighted by molar-refractivity contribution is 5.70. The molecule has 2 N–H and O–H groups in total. The first-order valence-electron chi connectivity index (χ1n) is 7.43. The van der Waals surface area contributed by atoms with E-state index in [9.17, 15) is 15.0 Å². The zero-order valence-electron chi connectivity index (χ0n) is 13.1. The predicted molar refractivity (Wildman–Crippen MR) is 81.8 cm³/mol. The van der Waals surface area contributed by atoms with Gasteiger partial charge in [-0.15, -0.1) is 0 Å². The van der Waals surface area contributed by atoms with Gasteiger partial charge in [0.05, 0.1) is 25.2 Å². The van der Waals surface area contributed by atoms with Crippen LogP contribution in [0.1, 0.15) is 39.2 Å². The minimum Gasteiger partial charge on any atom is -0.466 e. The first-order chi connectivity index (χ1) is 9.87. The van der Waals surface area contributed by atoms with Gasteiger partial charge in [0, 0.05) is 5.41 Å². The van der Waals surface area contributed by atoms with Gasteiger partial charge >= 0.3 is 5.97 Å².